The first-order valence-corrected chi connectivity index (χ1v) is 14.0. The minimum absolute atomic E-state index is 0.0183. The molecule has 1 heterocycles. The molecule has 3 aliphatic rings. The van der Waals surface area contributed by atoms with E-state index in [9.17, 15) is 9.59 Å². The molecule has 35 heavy (non-hydrogen) atoms. The highest BCUT2D eigenvalue weighted by atomic mass is 16.5. The van der Waals surface area contributed by atoms with E-state index in [1.807, 2.05) is 41.8 Å². The number of piperazine rings is 1. The maximum Gasteiger partial charge on any atom is 0.250 e. The summed E-state index contributed by atoms with van der Waals surface area (Å²) < 4.78 is 11.6. The third-order valence-corrected chi connectivity index (χ3v) is 7.99. The van der Waals surface area contributed by atoms with E-state index in [-0.39, 0.29) is 36.5 Å². The summed E-state index contributed by atoms with van der Waals surface area (Å²) in [5, 5.41) is 0. The first kappa shape index (κ1) is 25.8. The number of carbonyl (C=O) groups excluding carboxylic acids is 2. The predicted molar refractivity (Wildman–Crippen MR) is 138 cm³/mol. The SMILES string of the molecule is COc1cc([C@@H]2C(=O)N(C3CCCCCC3)CC(=O)N2C2CCCCCCC2)ccc1OC(C)C. The van der Waals surface area contributed by atoms with Gasteiger partial charge in [0.05, 0.1) is 13.2 Å². The summed E-state index contributed by atoms with van der Waals surface area (Å²) in [6.07, 6.45) is 14.6. The van der Waals surface area contributed by atoms with Crippen LogP contribution in [0.25, 0.3) is 0 Å². The van der Waals surface area contributed by atoms with Crippen LogP contribution in [0.5, 0.6) is 11.5 Å². The molecular weight excluding hydrogens is 440 g/mol. The zero-order chi connectivity index (χ0) is 24.8. The number of amides is 2. The molecule has 0 spiro atoms. The van der Waals surface area contributed by atoms with Gasteiger partial charge in [0, 0.05) is 12.1 Å². The summed E-state index contributed by atoms with van der Waals surface area (Å²) in [6.45, 7) is 4.19. The van der Waals surface area contributed by atoms with Gasteiger partial charge < -0.3 is 19.3 Å². The highest BCUT2D eigenvalue weighted by Gasteiger charge is 2.45. The predicted octanol–water partition coefficient (Wildman–Crippen LogP) is 6.03. The van der Waals surface area contributed by atoms with Crippen LogP contribution in [-0.4, -0.2) is 53.5 Å². The van der Waals surface area contributed by atoms with Crippen molar-refractivity contribution >= 4 is 11.8 Å². The third-order valence-electron chi connectivity index (χ3n) is 7.99. The van der Waals surface area contributed by atoms with Crippen molar-refractivity contribution in [3.05, 3.63) is 23.8 Å². The zero-order valence-electron chi connectivity index (χ0n) is 22.0. The number of carbonyl (C=O) groups is 2. The molecule has 2 aliphatic carbocycles. The molecular formula is C29H44N2O4. The average Bonchev–Trinajstić information content (AvgIpc) is 3.10. The molecule has 1 atom stereocenters. The maximum absolute atomic E-state index is 14.2. The van der Waals surface area contributed by atoms with E-state index < -0.39 is 6.04 Å². The van der Waals surface area contributed by atoms with Crippen molar-refractivity contribution in [2.24, 2.45) is 0 Å². The van der Waals surface area contributed by atoms with Crippen molar-refractivity contribution < 1.29 is 19.1 Å². The summed E-state index contributed by atoms with van der Waals surface area (Å²) in [5.41, 5.74) is 0.830. The Morgan fingerprint density at radius 2 is 1.37 bits per heavy atom. The Labute approximate surface area is 211 Å². The number of ether oxygens (including phenoxy) is 2. The van der Waals surface area contributed by atoms with Crippen LogP contribution >= 0.6 is 0 Å². The number of hydrogen-bond acceptors (Lipinski definition) is 4. The molecule has 6 heteroatoms. The van der Waals surface area contributed by atoms with Gasteiger partial charge in [0.25, 0.3) is 5.91 Å². The fraction of sp³-hybridized carbons (Fsp3) is 0.724. The highest BCUT2D eigenvalue weighted by molar-refractivity contribution is 5.96. The summed E-state index contributed by atoms with van der Waals surface area (Å²) >= 11 is 0. The molecule has 2 amide bonds. The van der Waals surface area contributed by atoms with Gasteiger partial charge >= 0.3 is 0 Å². The minimum atomic E-state index is -0.592. The quantitative estimate of drug-likeness (QED) is 0.463. The highest BCUT2D eigenvalue weighted by Crippen LogP contribution is 2.39. The van der Waals surface area contributed by atoms with Crippen molar-refractivity contribution in [3.63, 3.8) is 0 Å². The monoisotopic (exact) mass is 484 g/mol. The Balaban J connectivity index is 1.70. The molecule has 0 bridgehead atoms. The number of nitrogens with zero attached hydrogens (tertiary/aromatic N) is 2. The molecule has 1 aromatic rings. The molecule has 1 aromatic carbocycles. The Bertz CT molecular complexity index is 854. The van der Waals surface area contributed by atoms with Gasteiger partial charge in [0.1, 0.15) is 12.6 Å². The van der Waals surface area contributed by atoms with Crippen molar-refractivity contribution in [1.82, 2.24) is 9.80 Å². The second-order valence-corrected chi connectivity index (χ2v) is 10.9. The first-order valence-electron chi connectivity index (χ1n) is 14.0. The number of rotatable bonds is 6. The molecule has 194 valence electrons. The molecule has 1 aliphatic heterocycles. The van der Waals surface area contributed by atoms with Crippen LogP contribution < -0.4 is 9.47 Å². The standard InChI is InChI=1S/C29H44N2O4/c1-21(2)35-25-18-17-22(19-26(25)34-3)28-29(33)30(23-13-9-7-8-10-14-23)20-27(32)31(28)24-15-11-5-4-6-12-16-24/h17-19,21,23-24,28H,4-16,20H2,1-3H3/t28-/m1/s1. The van der Waals surface area contributed by atoms with E-state index in [2.05, 4.69) is 0 Å². The van der Waals surface area contributed by atoms with Gasteiger partial charge in [-0.2, -0.15) is 0 Å². The lowest BCUT2D eigenvalue weighted by Crippen LogP contribution is -2.60. The summed E-state index contributed by atoms with van der Waals surface area (Å²) in [6, 6.07) is 5.47. The smallest absolute Gasteiger partial charge is 0.250 e. The van der Waals surface area contributed by atoms with Gasteiger partial charge in [0.2, 0.25) is 5.91 Å². The van der Waals surface area contributed by atoms with Crippen LogP contribution in [0.3, 0.4) is 0 Å². The fourth-order valence-corrected chi connectivity index (χ4v) is 6.24. The molecule has 6 nitrogen and oxygen atoms in total. The minimum Gasteiger partial charge on any atom is -0.493 e. The van der Waals surface area contributed by atoms with Crippen LogP contribution in [0.2, 0.25) is 0 Å². The van der Waals surface area contributed by atoms with Gasteiger partial charge in [-0.25, -0.2) is 0 Å². The molecule has 0 aromatic heterocycles. The Morgan fingerprint density at radius 1 is 0.800 bits per heavy atom. The van der Waals surface area contributed by atoms with Gasteiger partial charge in [-0.05, 0) is 57.2 Å². The zero-order valence-corrected chi connectivity index (χ0v) is 22.0. The van der Waals surface area contributed by atoms with Crippen LogP contribution in [-0.2, 0) is 9.59 Å². The van der Waals surface area contributed by atoms with E-state index in [1.54, 1.807) is 7.11 Å². The van der Waals surface area contributed by atoms with Crippen LogP contribution in [0.4, 0.5) is 0 Å². The molecule has 0 N–H and O–H groups in total. The lowest BCUT2D eigenvalue weighted by molar-refractivity contribution is -0.162. The molecule has 0 unspecified atom stereocenters. The van der Waals surface area contributed by atoms with Crippen molar-refractivity contribution in [2.45, 2.75) is 122 Å². The maximum atomic E-state index is 14.2. The fourth-order valence-electron chi connectivity index (χ4n) is 6.24. The van der Waals surface area contributed by atoms with Crippen molar-refractivity contribution in [3.8, 4) is 11.5 Å². The Hall–Kier alpha value is -2.24. The van der Waals surface area contributed by atoms with Crippen LogP contribution in [0.1, 0.15) is 109 Å². The van der Waals surface area contributed by atoms with E-state index >= 15 is 0 Å². The van der Waals surface area contributed by atoms with Crippen LogP contribution in [0, 0.1) is 0 Å². The number of hydrogen-bond donors (Lipinski definition) is 0. The summed E-state index contributed by atoms with van der Waals surface area (Å²) in [7, 11) is 1.63. The number of methoxy groups -OCH3 is 1. The van der Waals surface area contributed by atoms with E-state index in [0.29, 0.717) is 11.5 Å². The topological polar surface area (TPSA) is 59.1 Å². The van der Waals surface area contributed by atoms with Crippen molar-refractivity contribution in [1.29, 1.82) is 0 Å². The Kier molecular flexibility index (Phi) is 8.96. The normalized spacial score (nSPS) is 23.7. The lowest BCUT2D eigenvalue weighted by atomic mass is 9.90. The second kappa shape index (κ2) is 12.1. The Morgan fingerprint density at radius 3 is 1.94 bits per heavy atom. The third kappa shape index (κ3) is 6.13. The van der Waals surface area contributed by atoms with Gasteiger partial charge in [-0.3, -0.25) is 9.59 Å². The van der Waals surface area contributed by atoms with Crippen molar-refractivity contribution in [2.75, 3.05) is 13.7 Å². The molecule has 1 saturated heterocycles. The molecule has 3 fully saturated rings. The molecule has 2 saturated carbocycles. The lowest BCUT2D eigenvalue weighted by Gasteiger charge is -2.47. The van der Waals surface area contributed by atoms with Crippen LogP contribution in [0.15, 0.2) is 18.2 Å². The largest absolute Gasteiger partial charge is 0.493 e. The molecule has 4 rings (SSSR count). The number of benzene rings is 1. The van der Waals surface area contributed by atoms with Gasteiger partial charge in [0.15, 0.2) is 11.5 Å². The molecule has 0 radical (unpaired) electrons. The van der Waals surface area contributed by atoms with Gasteiger partial charge in [-0.15, -0.1) is 0 Å². The summed E-state index contributed by atoms with van der Waals surface area (Å²) in [5.74, 6) is 1.46. The van der Waals surface area contributed by atoms with Gasteiger partial charge in [-0.1, -0.05) is 63.9 Å². The first-order chi connectivity index (χ1) is 17.0. The van der Waals surface area contributed by atoms with E-state index in [1.165, 1.54) is 32.1 Å². The van der Waals surface area contributed by atoms with E-state index in [4.69, 9.17) is 9.47 Å². The average molecular weight is 485 g/mol. The summed E-state index contributed by atoms with van der Waals surface area (Å²) in [4.78, 5) is 31.9. The second-order valence-electron chi connectivity index (χ2n) is 10.9. The van der Waals surface area contributed by atoms with E-state index in [0.717, 1.165) is 56.9 Å².